The van der Waals surface area contributed by atoms with Crippen molar-refractivity contribution in [1.82, 2.24) is 10.3 Å². The Balaban J connectivity index is 2.30. The molecule has 0 radical (unpaired) electrons. The molecule has 0 aromatic carbocycles. The van der Waals surface area contributed by atoms with Crippen molar-refractivity contribution in [3.63, 3.8) is 0 Å². The van der Waals surface area contributed by atoms with Gasteiger partial charge in [-0.05, 0) is 13.2 Å². The highest BCUT2D eigenvalue weighted by Crippen LogP contribution is 2.12. The topological polar surface area (TPSA) is 24.9 Å². The van der Waals surface area contributed by atoms with Crippen molar-refractivity contribution >= 4 is 23.1 Å². The van der Waals surface area contributed by atoms with Crippen LogP contribution in [-0.2, 0) is 0 Å². The van der Waals surface area contributed by atoms with E-state index in [9.17, 15) is 0 Å². The Morgan fingerprint density at radius 3 is 2.92 bits per heavy atom. The standard InChI is InChI=1S/C9H16N2S2/c1-7(12-3)4-10-8(2)9-5-13-6-11-9/h5-8,10H,4H2,1-3H3. The normalized spacial score (nSPS) is 15.6. The maximum Gasteiger partial charge on any atom is 0.0795 e. The molecule has 0 fully saturated rings. The third-order valence-corrected chi connectivity index (χ3v) is 3.59. The predicted molar refractivity (Wildman–Crippen MR) is 61.5 cm³/mol. The van der Waals surface area contributed by atoms with E-state index >= 15 is 0 Å². The molecule has 74 valence electrons. The SMILES string of the molecule is CSC(C)CNC(C)c1cscn1. The fourth-order valence-corrected chi connectivity index (χ4v) is 1.88. The molecule has 1 aromatic rings. The summed E-state index contributed by atoms with van der Waals surface area (Å²) in [5.41, 5.74) is 3.03. The third kappa shape index (κ3) is 3.67. The minimum atomic E-state index is 0.376. The molecule has 1 N–H and O–H groups in total. The number of rotatable bonds is 5. The van der Waals surface area contributed by atoms with E-state index in [0.717, 1.165) is 12.2 Å². The number of hydrogen-bond donors (Lipinski definition) is 1. The Morgan fingerprint density at radius 2 is 2.38 bits per heavy atom. The molecular formula is C9H16N2S2. The Bertz CT molecular complexity index is 224. The van der Waals surface area contributed by atoms with Gasteiger partial charge in [0.05, 0.1) is 11.2 Å². The Kier molecular flexibility index (Phi) is 4.77. The van der Waals surface area contributed by atoms with Crippen LogP contribution in [-0.4, -0.2) is 23.0 Å². The zero-order chi connectivity index (χ0) is 9.68. The van der Waals surface area contributed by atoms with E-state index in [1.807, 2.05) is 17.3 Å². The second-order valence-electron chi connectivity index (χ2n) is 3.09. The largest absolute Gasteiger partial charge is 0.308 e. The number of thioether (sulfide) groups is 1. The monoisotopic (exact) mass is 216 g/mol. The summed E-state index contributed by atoms with van der Waals surface area (Å²) in [5, 5.41) is 6.23. The van der Waals surface area contributed by atoms with Crippen molar-refractivity contribution < 1.29 is 0 Å². The average molecular weight is 216 g/mol. The fraction of sp³-hybridized carbons (Fsp3) is 0.667. The minimum Gasteiger partial charge on any atom is -0.308 e. The first-order valence-corrected chi connectivity index (χ1v) is 6.61. The number of aromatic nitrogens is 1. The lowest BCUT2D eigenvalue weighted by Gasteiger charge is -2.14. The summed E-state index contributed by atoms with van der Waals surface area (Å²) in [6.45, 7) is 5.42. The van der Waals surface area contributed by atoms with Crippen LogP contribution in [0.2, 0.25) is 0 Å². The first-order valence-electron chi connectivity index (χ1n) is 4.38. The van der Waals surface area contributed by atoms with Crippen molar-refractivity contribution in [3.8, 4) is 0 Å². The van der Waals surface area contributed by atoms with Gasteiger partial charge in [-0.3, -0.25) is 0 Å². The molecule has 0 saturated heterocycles. The van der Waals surface area contributed by atoms with Crippen LogP contribution in [0.3, 0.4) is 0 Å². The van der Waals surface area contributed by atoms with Crippen molar-refractivity contribution in [2.45, 2.75) is 25.1 Å². The van der Waals surface area contributed by atoms with Crippen molar-refractivity contribution in [1.29, 1.82) is 0 Å². The zero-order valence-corrected chi connectivity index (χ0v) is 9.91. The first kappa shape index (κ1) is 11.0. The molecule has 1 rings (SSSR count). The predicted octanol–water partition coefficient (Wildman–Crippen LogP) is 2.55. The molecular weight excluding hydrogens is 200 g/mol. The van der Waals surface area contributed by atoms with Crippen LogP contribution >= 0.6 is 23.1 Å². The quantitative estimate of drug-likeness (QED) is 0.819. The van der Waals surface area contributed by atoms with Crippen LogP contribution in [0.15, 0.2) is 10.9 Å². The molecule has 0 aliphatic heterocycles. The first-order chi connectivity index (χ1) is 6.24. The molecule has 2 nitrogen and oxygen atoms in total. The number of nitrogens with zero attached hydrogens (tertiary/aromatic N) is 1. The molecule has 0 saturated carbocycles. The smallest absolute Gasteiger partial charge is 0.0795 e. The van der Waals surface area contributed by atoms with Crippen LogP contribution in [0, 0.1) is 0 Å². The Morgan fingerprint density at radius 1 is 1.62 bits per heavy atom. The molecule has 1 heterocycles. The van der Waals surface area contributed by atoms with E-state index in [0.29, 0.717) is 11.3 Å². The Labute approximate surface area is 88.2 Å². The molecule has 0 aliphatic rings. The van der Waals surface area contributed by atoms with E-state index in [2.05, 4.69) is 35.8 Å². The van der Waals surface area contributed by atoms with E-state index in [1.54, 1.807) is 11.3 Å². The maximum atomic E-state index is 4.27. The number of nitrogens with one attached hydrogen (secondary N) is 1. The highest BCUT2D eigenvalue weighted by molar-refractivity contribution is 7.99. The minimum absolute atomic E-state index is 0.376. The molecule has 0 bridgehead atoms. The average Bonchev–Trinajstić information content (AvgIpc) is 2.66. The van der Waals surface area contributed by atoms with Crippen molar-refractivity contribution in [2.75, 3.05) is 12.8 Å². The zero-order valence-electron chi connectivity index (χ0n) is 8.28. The summed E-state index contributed by atoms with van der Waals surface area (Å²) >= 11 is 3.54. The summed E-state index contributed by atoms with van der Waals surface area (Å²) in [6, 6.07) is 0.376. The fourth-order valence-electron chi connectivity index (χ4n) is 0.966. The lowest BCUT2D eigenvalue weighted by atomic mass is 10.2. The van der Waals surface area contributed by atoms with Gasteiger partial charge in [-0.25, -0.2) is 4.98 Å². The van der Waals surface area contributed by atoms with E-state index in [4.69, 9.17) is 0 Å². The summed E-state index contributed by atoms with van der Waals surface area (Å²) in [7, 11) is 0. The van der Waals surface area contributed by atoms with Gasteiger partial charge in [0.15, 0.2) is 0 Å². The van der Waals surface area contributed by atoms with E-state index in [1.165, 1.54) is 0 Å². The van der Waals surface area contributed by atoms with Crippen LogP contribution < -0.4 is 5.32 Å². The molecule has 4 heteroatoms. The van der Waals surface area contributed by atoms with Gasteiger partial charge in [0, 0.05) is 23.2 Å². The molecule has 2 atom stereocenters. The highest BCUT2D eigenvalue weighted by atomic mass is 32.2. The van der Waals surface area contributed by atoms with Crippen molar-refractivity contribution in [3.05, 3.63) is 16.6 Å². The van der Waals surface area contributed by atoms with Gasteiger partial charge in [-0.15, -0.1) is 11.3 Å². The van der Waals surface area contributed by atoms with Gasteiger partial charge in [-0.2, -0.15) is 11.8 Å². The van der Waals surface area contributed by atoms with Gasteiger partial charge in [0.1, 0.15) is 0 Å². The molecule has 0 amide bonds. The molecule has 0 spiro atoms. The summed E-state index contributed by atoms with van der Waals surface area (Å²) in [6.07, 6.45) is 2.14. The molecule has 0 aliphatic carbocycles. The number of hydrogen-bond acceptors (Lipinski definition) is 4. The van der Waals surface area contributed by atoms with Crippen LogP contribution in [0.1, 0.15) is 25.6 Å². The molecule has 13 heavy (non-hydrogen) atoms. The molecule has 1 aromatic heterocycles. The van der Waals surface area contributed by atoms with E-state index in [-0.39, 0.29) is 0 Å². The lowest BCUT2D eigenvalue weighted by molar-refractivity contribution is 0.566. The van der Waals surface area contributed by atoms with Crippen LogP contribution in [0.5, 0.6) is 0 Å². The van der Waals surface area contributed by atoms with Gasteiger partial charge >= 0.3 is 0 Å². The maximum absolute atomic E-state index is 4.27. The number of thiazole rings is 1. The second-order valence-corrected chi connectivity index (χ2v) is 5.08. The third-order valence-electron chi connectivity index (χ3n) is 2.01. The van der Waals surface area contributed by atoms with Crippen LogP contribution in [0.4, 0.5) is 0 Å². The second kappa shape index (κ2) is 5.62. The van der Waals surface area contributed by atoms with Gasteiger partial charge in [0.25, 0.3) is 0 Å². The summed E-state index contributed by atoms with van der Waals surface area (Å²) in [5.74, 6) is 0. The molecule has 2 unspecified atom stereocenters. The lowest BCUT2D eigenvalue weighted by Crippen LogP contribution is -2.25. The Hall–Kier alpha value is -0.0600. The summed E-state index contributed by atoms with van der Waals surface area (Å²) < 4.78 is 0. The van der Waals surface area contributed by atoms with Gasteiger partial charge in [-0.1, -0.05) is 6.92 Å². The van der Waals surface area contributed by atoms with Crippen molar-refractivity contribution in [2.24, 2.45) is 0 Å². The van der Waals surface area contributed by atoms with Gasteiger partial charge in [0.2, 0.25) is 0 Å². The highest BCUT2D eigenvalue weighted by Gasteiger charge is 2.07. The van der Waals surface area contributed by atoms with E-state index < -0.39 is 0 Å². The van der Waals surface area contributed by atoms with Gasteiger partial charge < -0.3 is 5.32 Å². The van der Waals surface area contributed by atoms with Crippen LogP contribution in [0.25, 0.3) is 0 Å². The summed E-state index contributed by atoms with van der Waals surface area (Å²) in [4.78, 5) is 4.27.